The molecule has 126 valence electrons. The van der Waals surface area contributed by atoms with Gasteiger partial charge in [-0.15, -0.1) is 0 Å². The minimum atomic E-state index is -0.468. The van der Waals surface area contributed by atoms with Crippen molar-refractivity contribution in [2.24, 2.45) is 11.8 Å². The van der Waals surface area contributed by atoms with Crippen LogP contribution < -0.4 is 10.6 Å². The first-order valence-electron chi connectivity index (χ1n) is 8.65. The summed E-state index contributed by atoms with van der Waals surface area (Å²) in [7, 11) is 0. The summed E-state index contributed by atoms with van der Waals surface area (Å²) in [6.45, 7) is 7.67. The molecule has 1 aliphatic heterocycles. The monoisotopic (exact) mass is 316 g/mol. The normalized spacial score (nSPS) is 30.0. The Morgan fingerprint density at radius 3 is 2.39 bits per heavy atom. The van der Waals surface area contributed by atoms with Crippen molar-refractivity contribution in [1.82, 2.24) is 10.6 Å². The Bertz CT molecular complexity index is 534. The number of benzene rings is 1. The highest BCUT2D eigenvalue weighted by Gasteiger charge is 2.53. The first-order chi connectivity index (χ1) is 10.9. The van der Waals surface area contributed by atoms with E-state index in [2.05, 4.69) is 34.9 Å². The van der Waals surface area contributed by atoms with Crippen molar-refractivity contribution >= 4 is 6.09 Å². The maximum Gasteiger partial charge on any atom is 0.408 e. The van der Waals surface area contributed by atoms with Crippen LogP contribution in [-0.4, -0.2) is 30.3 Å². The molecule has 1 amide bonds. The molecule has 1 aromatic rings. The van der Waals surface area contributed by atoms with Crippen LogP contribution in [0.25, 0.3) is 0 Å². The first-order valence-corrected chi connectivity index (χ1v) is 8.65. The Labute approximate surface area is 139 Å². The molecule has 2 N–H and O–H groups in total. The number of carbonyl (C=O) groups is 1. The van der Waals surface area contributed by atoms with Crippen molar-refractivity contribution in [3.8, 4) is 0 Å². The highest BCUT2D eigenvalue weighted by Crippen LogP contribution is 2.45. The van der Waals surface area contributed by atoms with E-state index in [4.69, 9.17) is 4.74 Å². The van der Waals surface area contributed by atoms with E-state index >= 15 is 0 Å². The summed E-state index contributed by atoms with van der Waals surface area (Å²) in [5.41, 5.74) is 0.626. The molecule has 4 heteroatoms. The molecule has 4 nitrogen and oxygen atoms in total. The fourth-order valence-electron chi connectivity index (χ4n) is 4.22. The molecule has 0 aromatic heterocycles. The minimum absolute atomic E-state index is 0.186. The number of fused-ring (bicyclic) bond motifs is 2. The van der Waals surface area contributed by atoms with Gasteiger partial charge in [-0.1, -0.05) is 30.3 Å². The Hall–Kier alpha value is -1.55. The van der Waals surface area contributed by atoms with Gasteiger partial charge in [0, 0.05) is 13.1 Å². The molecular weight excluding hydrogens is 288 g/mol. The van der Waals surface area contributed by atoms with Gasteiger partial charge in [0.2, 0.25) is 0 Å². The number of piperidine rings is 1. The number of hydrogen-bond donors (Lipinski definition) is 2. The van der Waals surface area contributed by atoms with Crippen molar-refractivity contribution < 1.29 is 9.53 Å². The molecule has 1 aliphatic carbocycles. The van der Waals surface area contributed by atoms with E-state index in [1.807, 2.05) is 26.8 Å². The Balaban J connectivity index is 1.84. The van der Waals surface area contributed by atoms with E-state index in [-0.39, 0.29) is 11.6 Å². The maximum atomic E-state index is 12.5. The highest BCUT2D eigenvalue weighted by atomic mass is 16.6. The lowest BCUT2D eigenvalue weighted by Gasteiger charge is -2.45. The van der Waals surface area contributed by atoms with Gasteiger partial charge in [-0.25, -0.2) is 4.79 Å². The molecule has 0 spiro atoms. The van der Waals surface area contributed by atoms with Crippen LogP contribution in [0.15, 0.2) is 30.3 Å². The van der Waals surface area contributed by atoms with Crippen molar-refractivity contribution in [2.45, 2.75) is 51.2 Å². The van der Waals surface area contributed by atoms with Crippen molar-refractivity contribution in [3.63, 3.8) is 0 Å². The second-order valence-electron chi connectivity index (χ2n) is 7.96. The molecule has 2 unspecified atom stereocenters. The third-order valence-electron chi connectivity index (χ3n) is 5.18. The van der Waals surface area contributed by atoms with Crippen molar-refractivity contribution in [2.75, 3.05) is 13.1 Å². The topological polar surface area (TPSA) is 50.4 Å². The fraction of sp³-hybridized carbons (Fsp3) is 0.632. The molecule has 1 aromatic carbocycles. The molecule has 2 bridgehead atoms. The van der Waals surface area contributed by atoms with Gasteiger partial charge in [-0.2, -0.15) is 0 Å². The van der Waals surface area contributed by atoms with Gasteiger partial charge in [0.1, 0.15) is 5.60 Å². The lowest BCUT2D eigenvalue weighted by Crippen LogP contribution is -2.64. The molecule has 2 fully saturated rings. The SMILES string of the molecule is CC(C)(C)OC(=O)NC1(Cc2ccccc2)C2CCC1CNC2. The average Bonchev–Trinajstić information content (AvgIpc) is 2.64. The number of ether oxygens (including phenoxy) is 1. The van der Waals surface area contributed by atoms with E-state index in [9.17, 15) is 4.79 Å². The zero-order valence-electron chi connectivity index (χ0n) is 14.4. The molecule has 1 heterocycles. The second-order valence-corrected chi connectivity index (χ2v) is 7.96. The van der Waals surface area contributed by atoms with E-state index in [1.54, 1.807) is 0 Å². The summed E-state index contributed by atoms with van der Waals surface area (Å²) >= 11 is 0. The van der Waals surface area contributed by atoms with E-state index in [0.717, 1.165) is 19.5 Å². The van der Waals surface area contributed by atoms with Crippen LogP contribution in [0.4, 0.5) is 4.79 Å². The molecule has 23 heavy (non-hydrogen) atoms. The minimum Gasteiger partial charge on any atom is -0.444 e. The predicted molar refractivity (Wildman–Crippen MR) is 91.3 cm³/mol. The smallest absolute Gasteiger partial charge is 0.408 e. The summed E-state index contributed by atoms with van der Waals surface area (Å²) in [5.74, 6) is 0.933. The van der Waals surface area contributed by atoms with Crippen LogP contribution in [0.3, 0.4) is 0 Å². The van der Waals surface area contributed by atoms with Gasteiger partial charge < -0.3 is 15.4 Å². The standard InChI is InChI=1S/C19H28N2O2/c1-18(2,3)23-17(22)21-19(11-14-7-5-4-6-8-14)15-9-10-16(19)13-20-12-15/h4-8,15-16,20H,9-13H2,1-3H3,(H,21,22). The van der Waals surface area contributed by atoms with Gasteiger partial charge in [-0.3, -0.25) is 0 Å². The molecule has 1 saturated heterocycles. The van der Waals surface area contributed by atoms with E-state index in [0.29, 0.717) is 11.8 Å². The largest absolute Gasteiger partial charge is 0.444 e. The summed E-state index contributed by atoms with van der Waals surface area (Å²) in [6, 6.07) is 10.5. The first kappa shape index (κ1) is 16.3. The van der Waals surface area contributed by atoms with E-state index < -0.39 is 5.60 Å². The molecule has 1 saturated carbocycles. The number of rotatable bonds is 3. The van der Waals surface area contributed by atoms with Crippen molar-refractivity contribution in [3.05, 3.63) is 35.9 Å². The van der Waals surface area contributed by atoms with Gasteiger partial charge in [0.25, 0.3) is 0 Å². The van der Waals surface area contributed by atoms with Gasteiger partial charge >= 0.3 is 6.09 Å². The molecule has 3 rings (SSSR count). The molecule has 0 radical (unpaired) electrons. The van der Waals surface area contributed by atoms with Crippen molar-refractivity contribution in [1.29, 1.82) is 0 Å². The number of carbonyl (C=O) groups excluding carboxylic acids is 1. The summed E-state index contributed by atoms with van der Waals surface area (Å²) in [4.78, 5) is 12.5. The molecule has 2 aliphatic rings. The Kier molecular flexibility index (Phi) is 4.37. The average molecular weight is 316 g/mol. The summed E-state index contributed by atoms with van der Waals surface area (Å²) in [5, 5.41) is 6.81. The number of hydrogen-bond acceptors (Lipinski definition) is 3. The van der Waals surface area contributed by atoms with Crippen LogP contribution >= 0.6 is 0 Å². The number of alkyl carbamates (subject to hydrolysis) is 1. The zero-order valence-corrected chi connectivity index (χ0v) is 14.4. The number of nitrogens with one attached hydrogen (secondary N) is 2. The Morgan fingerprint density at radius 2 is 1.83 bits per heavy atom. The lowest BCUT2D eigenvalue weighted by molar-refractivity contribution is 0.0346. The lowest BCUT2D eigenvalue weighted by atomic mass is 9.73. The van der Waals surface area contributed by atoms with Crippen LogP contribution in [0, 0.1) is 11.8 Å². The van der Waals surface area contributed by atoms with Crippen LogP contribution in [0.5, 0.6) is 0 Å². The van der Waals surface area contributed by atoms with Crippen LogP contribution in [-0.2, 0) is 11.2 Å². The third-order valence-corrected chi connectivity index (χ3v) is 5.18. The van der Waals surface area contributed by atoms with Gasteiger partial charge in [0.05, 0.1) is 5.54 Å². The summed E-state index contributed by atoms with van der Waals surface area (Å²) < 4.78 is 5.56. The fourth-order valence-corrected chi connectivity index (χ4v) is 4.22. The molecule has 2 atom stereocenters. The maximum absolute atomic E-state index is 12.5. The van der Waals surface area contributed by atoms with E-state index in [1.165, 1.54) is 18.4 Å². The summed E-state index contributed by atoms with van der Waals surface area (Å²) in [6.07, 6.45) is 2.93. The third kappa shape index (κ3) is 3.52. The highest BCUT2D eigenvalue weighted by molar-refractivity contribution is 5.69. The van der Waals surface area contributed by atoms with Gasteiger partial charge in [-0.05, 0) is 57.4 Å². The number of amides is 1. The second kappa shape index (κ2) is 6.16. The molecular formula is C19H28N2O2. The predicted octanol–water partition coefficient (Wildman–Crippen LogP) is 3.12. The Morgan fingerprint density at radius 1 is 1.22 bits per heavy atom. The van der Waals surface area contributed by atoms with Crippen LogP contribution in [0.1, 0.15) is 39.2 Å². The quantitative estimate of drug-likeness (QED) is 0.901. The zero-order chi connectivity index (χ0) is 16.5. The van der Waals surface area contributed by atoms with Crippen LogP contribution in [0.2, 0.25) is 0 Å². The van der Waals surface area contributed by atoms with Gasteiger partial charge in [0.15, 0.2) is 0 Å².